The number of thiazole rings is 1. The average molecular weight is 311 g/mol. The predicted molar refractivity (Wildman–Crippen MR) is 75.1 cm³/mol. The van der Waals surface area contributed by atoms with Crippen molar-refractivity contribution in [1.29, 1.82) is 0 Å². The number of alkyl halides is 3. The summed E-state index contributed by atoms with van der Waals surface area (Å²) >= 11 is 1.52. The number of hydrogen-bond acceptors (Lipinski definition) is 3. The average Bonchev–Trinajstić information content (AvgIpc) is 2.98. The van der Waals surface area contributed by atoms with Gasteiger partial charge in [0.15, 0.2) is 4.96 Å². The molecule has 1 atom stereocenters. The third-order valence-corrected chi connectivity index (χ3v) is 4.01. The minimum Gasteiger partial charge on any atom is -0.324 e. The van der Waals surface area contributed by atoms with Gasteiger partial charge in [0.05, 0.1) is 11.3 Å². The van der Waals surface area contributed by atoms with Gasteiger partial charge in [-0.1, -0.05) is 12.1 Å². The van der Waals surface area contributed by atoms with Crippen LogP contribution < -0.4 is 5.73 Å². The van der Waals surface area contributed by atoms with Crippen molar-refractivity contribution < 1.29 is 13.2 Å². The summed E-state index contributed by atoms with van der Waals surface area (Å²) in [6.45, 7) is 0. The van der Waals surface area contributed by atoms with Crippen LogP contribution in [0.25, 0.3) is 4.96 Å². The molecule has 0 saturated heterocycles. The molecule has 3 aromatic rings. The van der Waals surface area contributed by atoms with E-state index in [9.17, 15) is 13.2 Å². The molecule has 110 valence electrons. The smallest absolute Gasteiger partial charge is 0.324 e. The molecule has 0 saturated carbocycles. The molecule has 2 heterocycles. The number of aromatic nitrogens is 2. The standard InChI is InChI=1S/C14H12F3N3S/c15-14(16,17)10-3-1-9(2-4-10)12(18)7-11-8-20-5-6-21-13(20)19-11/h1-6,8,12H,7,18H2. The van der Waals surface area contributed by atoms with E-state index in [0.717, 1.165) is 22.8 Å². The molecule has 21 heavy (non-hydrogen) atoms. The van der Waals surface area contributed by atoms with Gasteiger partial charge in [0.2, 0.25) is 0 Å². The maximum atomic E-state index is 12.5. The molecule has 7 heteroatoms. The first kappa shape index (κ1) is 14.1. The summed E-state index contributed by atoms with van der Waals surface area (Å²) in [5.41, 5.74) is 6.88. The second-order valence-corrected chi connectivity index (χ2v) is 5.63. The van der Waals surface area contributed by atoms with Crippen molar-refractivity contribution in [2.75, 3.05) is 0 Å². The highest BCUT2D eigenvalue weighted by atomic mass is 32.1. The van der Waals surface area contributed by atoms with Crippen LogP contribution in [0.15, 0.2) is 42.0 Å². The number of rotatable bonds is 3. The second-order valence-electron chi connectivity index (χ2n) is 4.76. The minimum atomic E-state index is -4.32. The summed E-state index contributed by atoms with van der Waals surface area (Å²) < 4.78 is 39.4. The van der Waals surface area contributed by atoms with Crippen molar-refractivity contribution in [1.82, 2.24) is 9.38 Å². The summed E-state index contributed by atoms with van der Waals surface area (Å²) in [7, 11) is 0. The molecule has 0 aliphatic heterocycles. The Morgan fingerprint density at radius 2 is 1.95 bits per heavy atom. The monoisotopic (exact) mass is 311 g/mol. The molecule has 2 N–H and O–H groups in total. The zero-order valence-corrected chi connectivity index (χ0v) is 11.7. The Balaban J connectivity index is 1.75. The number of hydrogen-bond donors (Lipinski definition) is 1. The largest absolute Gasteiger partial charge is 0.416 e. The van der Waals surface area contributed by atoms with E-state index in [2.05, 4.69) is 4.98 Å². The molecule has 0 spiro atoms. The van der Waals surface area contributed by atoms with Gasteiger partial charge < -0.3 is 5.73 Å². The van der Waals surface area contributed by atoms with Crippen LogP contribution in [0.2, 0.25) is 0 Å². The number of halogens is 3. The normalized spacial score (nSPS) is 13.7. The van der Waals surface area contributed by atoms with Crippen molar-refractivity contribution in [2.45, 2.75) is 18.6 Å². The number of nitrogens with two attached hydrogens (primary N) is 1. The quantitative estimate of drug-likeness (QED) is 0.802. The van der Waals surface area contributed by atoms with Crippen molar-refractivity contribution in [3.8, 4) is 0 Å². The van der Waals surface area contributed by atoms with Gasteiger partial charge in [-0.2, -0.15) is 13.2 Å². The molecule has 0 aliphatic carbocycles. The highest BCUT2D eigenvalue weighted by molar-refractivity contribution is 7.15. The van der Waals surface area contributed by atoms with Crippen molar-refractivity contribution in [3.05, 3.63) is 58.9 Å². The maximum Gasteiger partial charge on any atom is 0.416 e. The molecule has 3 rings (SSSR count). The number of fused-ring (bicyclic) bond motifs is 1. The highest BCUT2D eigenvalue weighted by Crippen LogP contribution is 2.30. The van der Waals surface area contributed by atoms with Crippen LogP contribution >= 0.6 is 11.3 Å². The van der Waals surface area contributed by atoms with Crippen LogP contribution in [-0.4, -0.2) is 9.38 Å². The van der Waals surface area contributed by atoms with Crippen molar-refractivity contribution >= 4 is 16.3 Å². The van der Waals surface area contributed by atoms with E-state index < -0.39 is 11.7 Å². The Morgan fingerprint density at radius 1 is 1.24 bits per heavy atom. The van der Waals surface area contributed by atoms with Gasteiger partial charge in [-0.15, -0.1) is 11.3 Å². The van der Waals surface area contributed by atoms with Gasteiger partial charge in [-0.3, -0.25) is 4.40 Å². The predicted octanol–water partition coefficient (Wildman–Crippen LogP) is 3.66. The van der Waals surface area contributed by atoms with Gasteiger partial charge in [0.25, 0.3) is 0 Å². The minimum absolute atomic E-state index is 0.378. The summed E-state index contributed by atoms with van der Waals surface area (Å²) in [6, 6.07) is 4.58. The molecule has 1 unspecified atom stereocenters. The zero-order chi connectivity index (χ0) is 15.0. The molecule has 0 fully saturated rings. The SMILES string of the molecule is NC(Cc1cn2ccsc2n1)c1ccc(C(F)(F)F)cc1. The Hall–Kier alpha value is -1.86. The zero-order valence-electron chi connectivity index (χ0n) is 10.8. The summed E-state index contributed by atoms with van der Waals surface area (Å²) in [5, 5.41) is 1.93. The van der Waals surface area contributed by atoms with Gasteiger partial charge >= 0.3 is 6.18 Å². The topological polar surface area (TPSA) is 43.3 Å². The first-order valence-corrected chi connectivity index (χ1v) is 7.15. The first-order valence-electron chi connectivity index (χ1n) is 6.27. The molecule has 0 amide bonds. The van der Waals surface area contributed by atoms with Crippen LogP contribution in [0.5, 0.6) is 0 Å². The van der Waals surface area contributed by atoms with Crippen LogP contribution in [-0.2, 0) is 12.6 Å². The summed E-state index contributed by atoms with van der Waals surface area (Å²) in [4.78, 5) is 5.30. The molecule has 0 aliphatic rings. The first-order chi connectivity index (χ1) is 9.93. The van der Waals surface area contributed by atoms with E-state index >= 15 is 0 Å². The van der Waals surface area contributed by atoms with E-state index in [1.807, 2.05) is 22.2 Å². The van der Waals surface area contributed by atoms with Gasteiger partial charge in [-0.05, 0) is 17.7 Å². The lowest BCUT2D eigenvalue weighted by Gasteiger charge is -2.12. The van der Waals surface area contributed by atoms with E-state index in [0.29, 0.717) is 12.0 Å². The maximum absolute atomic E-state index is 12.5. The fourth-order valence-electron chi connectivity index (χ4n) is 2.14. The van der Waals surface area contributed by atoms with E-state index in [1.54, 1.807) is 0 Å². The summed E-state index contributed by atoms with van der Waals surface area (Å²) in [6.07, 6.45) is -0.0491. The lowest BCUT2D eigenvalue weighted by molar-refractivity contribution is -0.137. The molecule has 1 aromatic carbocycles. The van der Waals surface area contributed by atoms with E-state index in [4.69, 9.17) is 5.73 Å². The lowest BCUT2D eigenvalue weighted by Crippen LogP contribution is -2.14. The molecule has 0 radical (unpaired) electrons. The van der Waals surface area contributed by atoms with Gasteiger partial charge in [0.1, 0.15) is 0 Å². The van der Waals surface area contributed by atoms with Gasteiger partial charge in [-0.25, -0.2) is 4.98 Å². The van der Waals surface area contributed by atoms with E-state index in [1.165, 1.54) is 23.5 Å². The number of imidazole rings is 1. The Labute approximate surface area is 122 Å². The van der Waals surface area contributed by atoms with E-state index in [-0.39, 0.29) is 6.04 Å². The highest BCUT2D eigenvalue weighted by Gasteiger charge is 2.30. The Morgan fingerprint density at radius 3 is 2.57 bits per heavy atom. The van der Waals surface area contributed by atoms with Crippen molar-refractivity contribution in [2.24, 2.45) is 5.73 Å². The number of benzene rings is 1. The fraction of sp³-hybridized carbons (Fsp3) is 0.214. The Bertz CT molecular complexity index is 714. The van der Waals surface area contributed by atoms with Gasteiger partial charge in [0, 0.05) is 30.2 Å². The van der Waals surface area contributed by atoms with Crippen LogP contribution in [0, 0.1) is 0 Å². The fourth-order valence-corrected chi connectivity index (χ4v) is 2.86. The third kappa shape index (κ3) is 2.93. The van der Waals surface area contributed by atoms with Crippen LogP contribution in [0.3, 0.4) is 0 Å². The third-order valence-electron chi connectivity index (χ3n) is 3.24. The molecular formula is C14H12F3N3S. The molecule has 0 bridgehead atoms. The summed E-state index contributed by atoms with van der Waals surface area (Å²) in [5.74, 6) is 0. The Kier molecular flexibility index (Phi) is 3.46. The molecule has 2 aromatic heterocycles. The van der Waals surface area contributed by atoms with Crippen LogP contribution in [0.1, 0.15) is 22.9 Å². The second kappa shape index (κ2) is 5.16. The molecular weight excluding hydrogens is 299 g/mol. The van der Waals surface area contributed by atoms with Crippen LogP contribution in [0.4, 0.5) is 13.2 Å². The van der Waals surface area contributed by atoms with Crippen molar-refractivity contribution in [3.63, 3.8) is 0 Å². The number of nitrogens with zero attached hydrogens (tertiary/aromatic N) is 2. The lowest BCUT2D eigenvalue weighted by atomic mass is 10.0. The molecule has 3 nitrogen and oxygen atoms in total.